The highest BCUT2D eigenvalue weighted by Gasteiger charge is 2.16. The zero-order valence-electron chi connectivity index (χ0n) is 14.3. The zero-order chi connectivity index (χ0) is 19.0. The molecule has 0 spiro atoms. The van der Waals surface area contributed by atoms with Gasteiger partial charge in [-0.05, 0) is 48.9 Å². The largest absolute Gasteiger partial charge is 0.463 e. The Labute approximate surface area is 158 Å². The molecule has 0 fully saturated rings. The third-order valence-corrected chi connectivity index (χ3v) is 5.10. The van der Waals surface area contributed by atoms with Gasteiger partial charge in [0.15, 0.2) is 5.13 Å². The molecule has 0 radical (unpaired) electrons. The Morgan fingerprint density at radius 2 is 2.11 bits per heavy atom. The topological polar surface area (TPSA) is 107 Å². The van der Waals surface area contributed by atoms with Gasteiger partial charge in [-0.15, -0.1) is 0 Å². The normalized spacial score (nSPS) is 11.4. The van der Waals surface area contributed by atoms with E-state index < -0.39 is 6.09 Å². The van der Waals surface area contributed by atoms with Crippen molar-refractivity contribution in [3.8, 4) is 10.4 Å². The number of thiazole rings is 1. The quantitative estimate of drug-likeness (QED) is 0.556. The van der Waals surface area contributed by atoms with Crippen molar-refractivity contribution in [1.82, 2.24) is 19.7 Å². The third kappa shape index (κ3) is 3.18. The van der Waals surface area contributed by atoms with E-state index in [0.717, 1.165) is 31.9 Å². The monoisotopic (exact) mass is 377 g/mol. The third-order valence-electron chi connectivity index (χ3n) is 4.07. The molecule has 0 amide bonds. The molecule has 0 saturated carbocycles. The summed E-state index contributed by atoms with van der Waals surface area (Å²) in [7, 11) is 0. The molecule has 3 heterocycles. The van der Waals surface area contributed by atoms with Crippen molar-refractivity contribution in [2.75, 3.05) is 5.73 Å². The molecule has 3 N–H and O–H groups in total. The number of fused-ring (bicyclic) bond motifs is 1. The Bertz CT molecular complexity index is 1180. The number of benzene rings is 1. The molecule has 0 aliphatic rings. The Morgan fingerprint density at radius 3 is 2.78 bits per heavy atom. The molecule has 1 aromatic carbocycles. The lowest BCUT2D eigenvalue weighted by molar-refractivity contribution is 0.194. The maximum Gasteiger partial charge on any atom is 0.432 e. The summed E-state index contributed by atoms with van der Waals surface area (Å²) in [5, 5.41) is 15.0. The van der Waals surface area contributed by atoms with Gasteiger partial charge in [-0.1, -0.05) is 23.5 Å². The predicted octanol–water partition coefficient (Wildman–Crippen LogP) is 4.14. The Balaban J connectivity index is 1.84. The first-order chi connectivity index (χ1) is 13.0. The first kappa shape index (κ1) is 16.9. The van der Waals surface area contributed by atoms with Crippen molar-refractivity contribution in [1.29, 1.82) is 0 Å². The van der Waals surface area contributed by atoms with Crippen LogP contribution in [0.15, 0.2) is 42.6 Å². The van der Waals surface area contributed by atoms with Crippen molar-refractivity contribution >= 4 is 45.6 Å². The lowest BCUT2D eigenvalue weighted by Crippen LogP contribution is -2.09. The summed E-state index contributed by atoms with van der Waals surface area (Å²) >= 11 is 1.37. The SMILES string of the molecule is Cc1nc(N)sc1-c1ccc2c(C=Cc3ccccn3)nn(C(=O)O)c2c1. The Kier molecular flexibility index (Phi) is 4.17. The van der Waals surface area contributed by atoms with Crippen LogP contribution in [-0.2, 0) is 0 Å². The molecule has 0 saturated heterocycles. The number of nitrogen functional groups attached to an aromatic ring is 1. The minimum absolute atomic E-state index is 0.480. The van der Waals surface area contributed by atoms with E-state index >= 15 is 0 Å². The van der Waals surface area contributed by atoms with E-state index in [1.165, 1.54) is 11.3 Å². The second kappa shape index (κ2) is 6.65. The summed E-state index contributed by atoms with van der Waals surface area (Å²) in [5.41, 5.74) is 9.29. The number of carboxylic acid groups (broad SMARTS) is 1. The first-order valence-electron chi connectivity index (χ1n) is 8.11. The first-order valence-corrected chi connectivity index (χ1v) is 8.93. The maximum absolute atomic E-state index is 11.7. The summed E-state index contributed by atoms with van der Waals surface area (Å²) in [6.45, 7) is 1.88. The summed E-state index contributed by atoms with van der Waals surface area (Å²) < 4.78 is 0.983. The maximum atomic E-state index is 11.7. The second-order valence-electron chi connectivity index (χ2n) is 5.87. The molecule has 4 aromatic rings. The van der Waals surface area contributed by atoms with Gasteiger partial charge in [0.05, 0.1) is 27.5 Å². The van der Waals surface area contributed by atoms with Crippen LogP contribution in [0.25, 0.3) is 33.5 Å². The Morgan fingerprint density at radius 1 is 1.26 bits per heavy atom. The number of nitrogens with zero attached hydrogens (tertiary/aromatic N) is 4. The zero-order valence-corrected chi connectivity index (χ0v) is 15.1. The smallest absolute Gasteiger partial charge is 0.432 e. The predicted molar refractivity (Wildman–Crippen MR) is 107 cm³/mol. The highest BCUT2D eigenvalue weighted by Crippen LogP contribution is 2.34. The number of rotatable bonds is 3. The fourth-order valence-corrected chi connectivity index (χ4v) is 3.70. The van der Waals surface area contributed by atoms with E-state index in [1.54, 1.807) is 24.4 Å². The van der Waals surface area contributed by atoms with Gasteiger partial charge in [0.2, 0.25) is 0 Å². The summed E-state index contributed by atoms with van der Waals surface area (Å²) in [5.74, 6) is 0. The number of hydrogen-bond donors (Lipinski definition) is 2. The fourth-order valence-electron chi connectivity index (χ4n) is 2.87. The van der Waals surface area contributed by atoms with Crippen molar-refractivity contribution < 1.29 is 9.90 Å². The van der Waals surface area contributed by atoms with Gasteiger partial charge in [-0.25, -0.2) is 9.78 Å². The number of carbonyl (C=O) groups is 1. The van der Waals surface area contributed by atoms with Gasteiger partial charge >= 0.3 is 6.09 Å². The van der Waals surface area contributed by atoms with Gasteiger partial charge in [-0.3, -0.25) is 4.98 Å². The van der Waals surface area contributed by atoms with Gasteiger partial charge in [0, 0.05) is 11.6 Å². The molecule has 0 unspecified atom stereocenters. The molecular weight excluding hydrogens is 362 g/mol. The van der Waals surface area contributed by atoms with Crippen LogP contribution in [-0.4, -0.2) is 30.9 Å². The van der Waals surface area contributed by atoms with Crippen molar-refractivity contribution in [3.63, 3.8) is 0 Å². The van der Waals surface area contributed by atoms with Crippen LogP contribution in [0.3, 0.4) is 0 Å². The highest BCUT2D eigenvalue weighted by molar-refractivity contribution is 7.18. The van der Waals surface area contributed by atoms with Gasteiger partial charge in [0.25, 0.3) is 0 Å². The molecule has 134 valence electrons. The molecular formula is C19H15N5O2S. The molecule has 3 aromatic heterocycles. The number of nitrogens with two attached hydrogens (primary N) is 1. The fraction of sp³-hybridized carbons (Fsp3) is 0.0526. The van der Waals surface area contributed by atoms with E-state index in [0.29, 0.717) is 16.3 Å². The molecule has 7 nitrogen and oxygen atoms in total. The average Bonchev–Trinajstić information content (AvgIpc) is 3.20. The summed E-state index contributed by atoms with van der Waals surface area (Å²) in [6, 6.07) is 11.2. The van der Waals surface area contributed by atoms with Crippen LogP contribution >= 0.6 is 11.3 Å². The second-order valence-corrected chi connectivity index (χ2v) is 6.90. The molecule has 8 heteroatoms. The number of aryl methyl sites for hydroxylation is 1. The molecule has 0 aliphatic heterocycles. The minimum atomic E-state index is -1.14. The summed E-state index contributed by atoms with van der Waals surface area (Å²) in [6.07, 6.45) is 4.12. The van der Waals surface area contributed by atoms with Crippen LogP contribution in [0.5, 0.6) is 0 Å². The lowest BCUT2D eigenvalue weighted by atomic mass is 10.1. The van der Waals surface area contributed by atoms with E-state index in [-0.39, 0.29) is 0 Å². The molecule has 4 rings (SSSR count). The highest BCUT2D eigenvalue weighted by atomic mass is 32.1. The number of hydrogen-bond acceptors (Lipinski definition) is 6. The van der Waals surface area contributed by atoms with Crippen molar-refractivity contribution in [3.05, 3.63) is 59.7 Å². The van der Waals surface area contributed by atoms with Gasteiger partial charge < -0.3 is 10.8 Å². The van der Waals surface area contributed by atoms with Crippen LogP contribution in [0, 0.1) is 6.92 Å². The summed E-state index contributed by atoms with van der Waals surface area (Å²) in [4.78, 5) is 21.0. The van der Waals surface area contributed by atoms with E-state index in [2.05, 4.69) is 15.1 Å². The number of anilines is 1. The minimum Gasteiger partial charge on any atom is -0.463 e. The molecule has 0 atom stereocenters. The lowest BCUT2D eigenvalue weighted by Gasteiger charge is -2.01. The number of pyridine rings is 1. The molecule has 27 heavy (non-hydrogen) atoms. The van der Waals surface area contributed by atoms with Crippen LogP contribution in [0.1, 0.15) is 17.1 Å². The standard InChI is InChI=1S/C19H15N5O2S/c1-11-17(27-18(20)22-11)12-5-7-14-15(8-6-13-4-2-3-9-21-13)23-24(19(25)26)16(14)10-12/h2-10H,1H3,(H2,20,22)(H,25,26). The van der Waals surface area contributed by atoms with E-state index in [4.69, 9.17) is 5.73 Å². The number of aromatic nitrogens is 4. The van der Waals surface area contributed by atoms with Crippen LogP contribution in [0.4, 0.5) is 9.93 Å². The Hall–Kier alpha value is -3.52. The van der Waals surface area contributed by atoms with E-state index in [1.807, 2.05) is 37.3 Å². The van der Waals surface area contributed by atoms with Crippen LogP contribution < -0.4 is 5.73 Å². The van der Waals surface area contributed by atoms with Gasteiger partial charge in [-0.2, -0.15) is 9.78 Å². The average molecular weight is 377 g/mol. The van der Waals surface area contributed by atoms with E-state index in [9.17, 15) is 9.90 Å². The van der Waals surface area contributed by atoms with Gasteiger partial charge in [0.1, 0.15) is 0 Å². The molecule has 0 aliphatic carbocycles. The van der Waals surface area contributed by atoms with Crippen LogP contribution in [0.2, 0.25) is 0 Å². The molecule has 0 bridgehead atoms. The van der Waals surface area contributed by atoms with Crippen molar-refractivity contribution in [2.24, 2.45) is 0 Å². The van der Waals surface area contributed by atoms with Crippen molar-refractivity contribution in [2.45, 2.75) is 6.92 Å².